The van der Waals surface area contributed by atoms with E-state index in [0.717, 1.165) is 19.3 Å². The number of hydrogen-bond acceptors (Lipinski definition) is 8. The van der Waals surface area contributed by atoms with Crippen molar-refractivity contribution in [3.8, 4) is 0 Å². The van der Waals surface area contributed by atoms with Gasteiger partial charge >= 0.3 is 12.1 Å². The molecule has 0 saturated carbocycles. The van der Waals surface area contributed by atoms with Crippen molar-refractivity contribution in [3.63, 3.8) is 0 Å². The van der Waals surface area contributed by atoms with E-state index in [9.17, 15) is 19.2 Å². The maximum absolute atomic E-state index is 13.9. The molecule has 1 aliphatic heterocycles. The first-order valence-corrected chi connectivity index (χ1v) is 15.2. The van der Waals surface area contributed by atoms with Crippen LogP contribution < -0.4 is 5.32 Å². The first-order chi connectivity index (χ1) is 19.5. The molecule has 7 atom stereocenters. The first kappa shape index (κ1) is 37.6. The summed E-state index contributed by atoms with van der Waals surface area (Å²) in [5.41, 5.74) is -0.704. The van der Waals surface area contributed by atoms with Gasteiger partial charge < -0.3 is 34.1 Å². The summed E-state index contributed by atoms with van der Waals surface area (Å²) in [5.74, 6) is -1.53. The molecule has 0 unspecified atom stereocenters. The van der Waals surface area contributed by atoms with Gasteiger partial charge in [0.15, 0.2) is 0 Å². The number of amides is 3. The van der Waals surface area contributed by atoms with E-state index < -0.39 is 41.9 Å². The van der Waals surface area contributed by atoms with Crippen molar-refractivity contribution in [3.05, 3.63) is 0 Å². The molecule has 42 heavy (non-hydrogen) atoms. The van der Waals surface area contributed by atoms with Crippen molar-refractivity contribution in [1.82, 2.24) is 15.1 Å². The third-order valence-electron chi connectivity index (χ3n) is 8.27. The largest absolute Gasteiger partial charge is 0.469 e. The van der Waals surface area contributed by atoms with Crippen molar-refractivity contribution in [2.24, 2.45) is 17.8 Å². The predicted molar refractivity (Wildman–Crippen MR) is 161 cm³/mol. The van der Waals surface area contributed by atoms with E-state index in [4.69, 9.17) is 18.9 Å². The summed E-state index contributed by atoms with van der Waals surface area (Å²) in [6, 6.07) is -1.54. The van der Waals surface area contributed by atoms with Gasteiger partial charge in [0.05, 0.1) is 43.7 Å². The van der Waals surface area contributed by atoms with Gasteiger partial charge in [-0.25, -0.2) is 4.79 Å². The molecule has 0 spiro atoms. The zero-order valence-corrected chi connectivity index (χ0v) is 28.0. The third-order valence-corrected chi connectivity index (χ3v) is 8.27. The Kier molecular flexibility index (Phi) is 15.3. The Balaban J connectivity index is 3.26. The molecule has 3 amide bonds. The van der Waals surface area contributed by atoms with E-state index in [0.29, 0.717) is 13.0 Å². The SMILES string of the molecule is CC[C@H](C)[C@@H]([C@@H](CC(=O)N1CCCC[C@H]1[C@H](OC)[C@@H](C)C(=O)OC)OC)N(C)C(=O)[C@@H](NC(=O)OC(C)(C)C)C(C)C. The molecule has 1 aliphatic rings. The highest BCUT2D eigenvalue weighted by Gasteiger charge is 2.42. The fourth-order valence-corrected chi connectivity index (χ4v) is 5.81. The van der Waals surface area contributed by atoms with Crippen molar-refractivity contribution in [1.29, 1.82) is 0 Å². The monoisotopic (exact) mass is 599 g/mol. The Morgan fingerprint density at radius 3 is 2.10 bits per heavy atom. The predicted octanol–water partition coefficient (Wildman–Crippen LogP) is 4.02. The minimum Gasteiger partial charge on any atom is -0.469 e. The van der Waals surface area contributed by atoms with Crippen LogP contribution in [-0.2, 0) is 33.3 Å². The Morgan fingerprint density at radius 1 is 1.00 bits per heavy atom. The number of nitrogens with zero attached hydrogens (tertiary/aromatic N) is 2. The summed E-state index contributed by atoms with van der Waals surface area (Å²) in [6.45, 7) is 15.4. The smallest absolute Gasteiger partial charge is 0.408 e. The number of hydrogen-bond donors (Lipinski definition) is 1. The molecule has 1 fully saturated rings. The number of alkyl carbamates (subject to hydrolysis) is 1. The van der Waals surface area contributed by atoms with Crippen LogP contribution >= 0.6 is 0 Å². The average Bonchev–Trinajstić information content (AvgIpc) is 2.93. The number of esters is 1. The Morgan fingerprint density at radius 2 is 1.62 bits per heavy atom. The number of likely N-dealkylation sites (N-methyl/N-ethyl adjacent to an activating group) is 1. The third kappa shape index (κ3) is 10.4. The zero-order valence-electron chi connectivity index (χ0n) is 28.0. The summed E-state index contributed by atoms with van der Waals surface area (Å²) in [7, 11) is 6.15. The van der Waals surface area contributed by atoms with E-state index in [1.165, 1.54) is 7.11 Å². The number of piperidine rings is 1. The van der Waals surface area contributed by atoms with Crippen molar-refractivity contribution < 1.29 is 38.1 Å². The number of nitrogens with one attached hydrogen (secondary N) is 1. The molecule has 1 N–H and O–H groups in total. The maximum Gasteiger partial charge on any atom is 0.408 e. The van der Waals surface area contributed by atoms with Crippen LogP contribution in [0.3, 0.4) is 0 Å². The lowest BCUT2D eigenvalue weighted by atomic mass is 9.87. The molecular weight excluding hydrogens is 542 g/mol. The lowest BCUT2D eigenvalue weighted by molar-refractivity contribution is -0.157. The van der Waals surface area contributed by atoms with E-state index in [1.54, 1.807) is 58.8 Å². The van der Waals surface area contributed by atoms with Gasteiger partial charge in [-0.05, 0) is 58.8 Å². The number of carbonyl (C=O) groups excluding carboxylic acids is 4. The zero-order chi connectivity index (χ0) is 32.4. The van der Waals surface area contributed by atoms with E-state index in [2.05, 4.69) is 5.32 Å². The second kappa shape index (κ2) is 17.0. The topological polar surface area (TPSA) is 124 Å². The second-order valence-corrected chi connectivity index (χ2v) is 12.8. The Bertz CT molecular complexity index is 890. The molecule has 0 aromatic rings. The van der Waals surface area contributed by atoms with E-state index >= 15 is 0 Å². The second-order valence-electron chi connectivity index (χ2n) is 12.8. The molecule has 0 aliphatic carbocycles. The highest BCUT2D eigenvalue weighted by atomic mass is 16.6. The number of ether oxygens (including phenoxy) is 4. The van der Waals surface area contributed by atoms with Gasteiger partial charge in [-0.3, -0.25) is 14.4 Å². The fraction of sp³-hybridized carbons (Fsp3) is 0.871. The lowest BCUT2D eigenvalue weighted by Crippen LogP contribution is -2.58. The van der Waals surface area contributed by atoms with Crippen molar-refractivity contribution in [2.75, 3.05) is 34.9 Å². The van der Waals surface area contributed by atoms with Gasteiger partial charge in [-0.2, -0.15) is 0 Å². The van der Waals surface area contributed by atoms with Crippen molar-refractivity contribution in [2.45, 2.75) is 123 Å². The summed E-state index contributed by atoms with van der Waals surface area (Å²) in [5, 5.41) is 2.74. The molecule has 1 heterocycles. The van der Waals surface area contributed by atoms with Crippen LogP contribution in [0.25, 0.3) is 0 Å². The Hall–Kier alpha value is -2.40. The van der Waals surface area contributed by atoms with E-state index in [-0.39, 0.29) is 42.1 Å². The minimum atomic E-state index is -0.821. The molecule has 1 rings (SSSR count). The van der Waals surface area contributed by atoms with Gasteiger partial charge in [-0.15, -0.1) is 0 Å². The number of likely N-dealkylation sites (tertiary alicyclic amines) is 1. The average molecular weight is 600 g/mol. The maximum atomic E-state index is 13.9. The highest BCUT2D eigenvalue weighted by molar-refractivity contribution is 5.86. The summed E-state index contributed by atoms with van der Waals surface area (Å²) >= 11 is 0. The van der Waals surface area contributed by atoms with E-state index in [1.807, 2.05) is 27.7 Å². The van der Waals surface area contributed by atoms with Crippen LogP contribution in [0.1, 0.15) is 87.5 Å². The fourth-order valence-electron chi connectivity index (χ4n) is 5.81. The van der Waals surface area contributed by atoms with Crippen LogP contribution in [0, 0.1) is 17.8 Å². The molecule has 0 aromatic heterocycles. The van der Waals surface area contributed by atoms with Gasteiger partial charge in [0.1, 0.15) is 11.6 Å². The molecule has 244 valence electrons. The van der Waals surface area contributed by atoms with Gasteiger partial charge in [0.25, 0.3) is 0 Å². The molecule has 0 radical (unpaired) electrons. The molecule has 11 heteroatoms. The van der Waals surface area contributed by atoms with Crippen LogP contribution in [0.2, 0.25) is 0 Å². The van der Waals surface area contributed by atoms with Crippen LogP contribution in [-0.4, -0.2) is 105 Å². The van der Waals surface area contributed by atoms with Gasteiger partial charge in [0, 0.05) is 27.8 Å². The number of rotatable bonds is 14. The van der Waals surface area contributed by atoms with Crippen molar-refractivity contribution >= 4 is 23.9 Å². The summed E-state index contributed by atoms with van der Waals surface area (Å²) < 4.78 is 22.0. The van der Waals surface area contributed by atoms with Crippen LogP contribution in [0.15, 0.2) is 0 Å². The summed E-state index contributed by atoms with van der Waals surface area (Å²) in [6.07, 6.45) is 1.51. The minimum absolute atomic E-state index is 0.00531. The summed E-state index contributed by atoms with van der Waals surface area (Å²) in [4.78, 5) is 56.1. The normalized spacial score (nSPS) is 20.1. The van der Waals surface area contributed by atoms with Crippen LogP contribution in [0.4, 0.5) is 4.79 Å². The molecule has 11 nitrogen and oxygen atoms in total. The molecule has 0 aromatic carbocycles. The van der Waals surface area contributed by atoms with Crippen LogP contribution in [0.5, 0.6) is 0 Å². The molecular formula is C31H57N3O8. The van der Waals surface area contributed by atoms with Gasteiger partial charge in [0.2, 0.25) is 11.8 Å². The number of methoxy groups -OCH3 is 3. The lowest BCUT2D eigenvalue weighted by Gasteiger charge is -2.43. The quantitative estimate of drug-likeness (QED) is 0.297. The van der Waals surface area contributed by atoms with Gasteiger partial charge in [-0.1, -0.05) is 34.1 Å². The highest BCUT2D eigenvalue weighted by Crippen LogP contribution is 2.29. The Labute approximate surface area is 253 Å². The number of carbonyl (C=O) groups is 4. The molecule has 1 saturated heterocycles. The first-order valence-electron chi connectivity index (χ1n) is 15.2. The standard InChI is InChI=1S/C31H57N3O8/c1-13-20(4)26(33(9)28(36)25(19(2)3)32-30(38)42-31(6,7)8)23(39-10)18-24(35)34-17-15-14-16-22(34)27(40-11)21(5)29(37)41-12/h19-23,25-27H,13-18H2,1-12H3,(H,32,38)/t20-,21+,22-,23+,25-,26-,27+/m0/s1. The molecule has 0 bridgehead atoms.